The number of hydrogen-bond acceptors (Lipinski definition) is 4. The number of methoxy groups -OCH3 is 1. The molecule has 0 amide bonds. The predicted octanol–water partition coefficient (Wildman–Crippen LogP) is 3.10. The summed E-state index contributed by atoms with van der Waals surface area (Å²) < 4.78 is 19.2. The number of hydrogen-bond donors (Lipinski definition) is 1. The van der Waals surface area contributed by atoms with Crippen molar-refractivity contribution in [1.29, 1.82) is 0 Å². The third kappa shape index (κ3) is 2.93. The molecule has 0 spiro atoms. The summed E-state index contributed by atoms with van der Waals surface area (Å²) in [7, 11) is 3.35. The number of halogens is 1. The number of aryl methyl sites for hydroxylation is 1. The van der Waals surface area contributed by atoms with Crippen LogP contribution in [0.2, 0.25) is 0 Å². The van der Waals surface area contributed by atoms with E-state index >= 15 is 0 Å². The van der Waals surface area contributed by atoms with Gasteiger partial charge in [-0.2, -0.15) is 0 Å². The summed E-state index contributed by atoms with van der Waals surface area (Å²) in [6.45, 7) is 1.97. The fourth-order valence-electron chi connectivity index (χ4n) is 2.06. The first-order chi connectivity index (χ1) is 9.17. The summed E-state index contributed by atoms with van der Waals surface area (Å²) in [5.74, 6) is 0.000739. The number of likely N-dealkylation sites (N-methyl/N-ethyl adjacent to an activating group) is 1. The molecule has 0 saturated heterocycles. The lowest BCUT2D eigenvalue weighted by molar-refractivity contribution is 0.383. The Morgan fingerprint density at radius 2 is 2.26 bits per heavy atom. The molecule has 0 aliphatic rings. The number of nitrogens with zero attached hydrogens (tertiary/aromatic N) is 1. The van der Waals surface area contributed by atoms with Crippen molar-refractivity contribution in [1.82, 2.24) is 10.3 Å². The molecule has 1 heterocycles. The van der Waals surface area contributed by atoms with Crippen molar-refractivity contribution in [3.8, 4) is 5.75 Å². The molecule has 1 aromatic carbocycles. The van der Waals surface area contributed by atoms with Crippen LogP contribution in [-0.4, -0.2) is 19.1 Å². The van der Waals surface area contributed by atoms with Crippen LogP contribution >= 0.6 is 11.3 Å². The maximum absolute atomic E-state index is 14.1. The van der Waals surface area contributed by atoms with Gasteiger partial charge in [0.25, 0.3) is 0 Å². The molecule has 102 valence electrons. The molecule has 0 aliphatic carbocycles. The van der Waals surface area contributed by atoms with Gasteiger partial charge in [-0.25, -0.2) is 9.37 Å². The van der Waals surface area contributed by atoms with Gasteiger partial charge in [-0.05, 0) is 32.0 Å². The Hall–Kier alpha value is -1.46. The third-order valence-corrected chi connectivity index (χ3v) is 4.18. The van der Waals surface area contributed by atoms with Crippen molar-refractivity contribution < 1.29 is 9.13 Å². The Morgan fingerprint density at radius 1 is 1.47 bits per heavy atom. The van der Waals surface area contributed by atoms with Gasteiger partial charge in [0.15, 0.2) is 11.6 Å². The van der Waals surface area contributed by atoms with Gasteiger partial charge in [0, 0.05) is 10.9 Å². The molecule has 1 aromatic heterocycles. The van der Waals surface area contributed by atoms with Crippen LogP contribution in [0.5, 0.6) is 5.75 Å². The van der Waals surface area contributed by atoms with Gasteiger partial charge in [0.1, 0.15) is 0 Å². The van der Waals surface area contributed by atoms with Crippen molar-refractivity contribution in [2.75, 3.05) is 14.2 Å². The number of ether oxygens (including phenoxy) is 1. The zero-order chi connectivity index (χ0) is 13.8. The number of rotatable bonds is 5. The average molecular weight is 280 g/mol. The summed E-state index contributed by atoms with van der Waals surface area (Å²) in [5.41, 5.74) is 3.45. The lowest BCUT2D eigenvalue weighted by Gasteiger charge is -2.16. The van der Waals surface area contributed by atoms with E-state index < -0.39 is 0 Å². The first-order valence-electron chi connectivity index (χ1n) is 6.06. The summed E-state index contributed by atoms with van der Waals surface area (Å²) in [6.07, 6.45) is 0.572. The molecule has 3 nitrogen and oxygen atoms in total. The molecule has 5 heteroatoms. The monoisotopic (exact) mass is 280 g/mol. The van der Waals surface area contributed by atoms with Gasteiger partial charge < -0.3 is 10.1 Å². The van der Waals surface area contributed by atoms with Crippen molar-refractivity contribution in [2.45, 2.75) is 19.4 Å². The normalized spacial score (nSPS) is 12.4. The largest absolute Gasteiger partial charge is 0.494 e. The molecule has 2 aromatic rings. The summed E-state index contributed by atoms with van der Waals surface area (Å²) >= 11 is 1.59. The van der Waals surface area contributed by atoms with Gasteiger partial charge in [0.2, 0.25) is 0 Å². The Bertz CT molecular complexity index is 556. The minimum absolute atomic E-state index is 0.0640. The summed E-state index contributed by atoms with van der Waals surface area (Å²) in [4.78, 5) is 5.39. The second-order valence-corrected chi connectivity index (χ2v) is 5.17. The molecular weight excluding hydrogens is 263 g/mol. The van der Waals surface area contributed by atoms with Crippen molar-refractivity contribution in [2.24, 2.45) is 0 Å². The molecule has 1 atom stereocenters. The van der Waals surface area contributed by atoms with E-state index in [1.807, 2.05) is 25.5 Å². The fourth-order valence-corrected chi connectivity index (χ4v) is 2.98. The van der Waals surface area contributed by atoms with Crippen molar-refractivity contribution in [3.05, 3.63) is 45.7 Å². The van der Waals surface area contributed by atoms with E-state index in [0.717, 1.165) is 10.6 Å². The predicted molar refractivity (Wildman–Crippen MR) is 75.3 cm³/mol. The second kappa shape index (κ2) is 6.12. The minimum atomic E-state index is -0.285. The first-order valence-corrected chi connectivity index (χ1v) is 6.94. The van der Waals surface area contributed by atoms with Gasteiger partial charge in [-0.15, -0.1) is 11.3 Å². The molecule has 1 unspecified atom stereocenters. The molecule has 0 saturated carbocycles. The average Bonchev–Trinajstić information content (AvgIpc) is 2.84. The van der Waals surface area contributed by atoms with E-state index in [1.54, 1.807) is 23.5 Å². The van der Waals surface area contributed by atoms with E-state index in [0.29, 0.717) is 12.0 Å². The van der Waals surface area contributed by atoms with Crippen LogP contribution < -0.4 is 10.1 Å². The SMILES string of the molecule is CNC(Cc1cccc(OC)c1F)c1scnc1C. The molecule has 0 fully saturated rings. The van der Waals surface area contributed by atoms with Crippen LogP contribution in [0.1, 0.15) is 22.2 Å². The standard InChI is InChI=1S/C14H17FN2OS/c1-9-14(19-8-17-9)11(16-2)7-10-5-4-6-12(18-3)13(10)15/h4-6,8,11,16H,7H2,1-3H3. The van der Waals surface area contributed by atoms with Crippen LogP contribution in [0.15, 0.2) is 23.7 Å². The van der Waals surface area contributed by atoms with Gasteiger partial charge in [0.05, 0.1) is 18.3 Å². The summed E-state index contributed by atoms with van der Waals surface area (Å²) in [6, 6.07) is 5.29. The van der Waals surface area contributed by atoms with E-state index in [1.165, 1.54) is 7.11 Å². The Labute approximate surface area is 116 Å². The van der Waals surface area contributed by atoms with Gasteiger partial charge in [-0.3, -0.25) is 0 Å². The topological polar surface area (TPSA) is 34.1 Å². The summed E-state index contributed by atoms with van der Waals surface area (Å²) in [5, 5.41) is 3.22. The van der Waals surface area contributed by atoms with Crippen LogP contribution in [0.25, 0.3) is 0 Å². The van der Waals surface area contributed by atoms with Crippen molar-refractivity contribution >= 4 is 11.3 Å². The van der Waals surface area contributed by atoms with Crippen LogP contribution in [0.4, 0.5) is 4.39 Å². The zero-order valence-electron chi connectivity index (χ0n) is 11.2. The molecule has 0 aliphatic heterocycles. The lowest BCUT2D eigenvalue weighted by atomic mass is 10.0. The maximum atomic E-state index is 14.1. The van der Waals surface area contributed by atoms with Gasteiger partial charge >= 0.3 is 0 Å². The second-order valence-electron chi connectivity index (χ2n) is 4.28. The number of thiazole rings is 1. The Kier molecular flexibility index (Phi) is 4.50. The highest BCUT2D eigenvalue weighted by atomic mass is 32.1. The van der Waals surface area contributed by atoms with Crippen LogP contribution in [0, 0.1) is 12.7 Å². The highest BCUT2D eigenvalue weighted by Crippen LogP contribution is 2.28. The highest BCUT2D eigenvalue weighted by Gasteiger charge is 2.18. The number of benzene rings is 1. The zero-order valence-corrected chi connectivity index (χ0v) is 12.1. The van der Waals surface area contributed by atoms with E-state index in [9.17, 15) is 4.39 Å². The molecular formula is C14H17FN2OS. The molecule has 0 bridgehead atoms. The molecule has 19 heavy (non-hydrogen) atoms. The van der Waals surface area contributed by atoms with E-state index in [-0.39, 0.29) is 17.6 Å². The van der Waals surface area contributed by atoms with Crippen LogP contribution in [-0.2, 0) is 6.42 Å². The number of nitrogens with one attached hydrogen (secondary N) is 1. The Morgan fingerprint density at radius 3 is 2.84 bits per heavy atom. The fraction of sp³-hybridized carbons (Fsp3) is 0.357. The highest BCUT2D eigenvalue weighted by molar-refractivity contribution is 7.09. The van der Waals surface area contributed by atoms with Crippen LogP contribution in [0.3, 0.4) is 0 Å². The number of aromatic nitrogens is 1. The first kappa shape index (κ1) is 14.0. The lowest BCUT2D eigenvalue weighted by Crippen LogP contribution is -2.19. The van der Waals surface area contributed by atoms with Gasteiger partial charge in [-0.1, -0.05) is 12.1 Å². The third-order valence-electron chi connectivity index (χ3n) is 3.13. The quantitative estimate of drug-likeness (QED) is 0.914. The Balaban J connectivity index is 2.27. The van der Waals surface area contributed by atoms with E-state index in [2.05, 4.69) is 10.3 Å². The smallest absolute Gasteiger partial charge is 0.168 e. The van der Waals surface area contributed by atoms with E-state index in [4.69, 9.17) is 4.74 Å². The minimum Gasteiger partial charge on any atom is -0.494 e. The van der Waals surface area contributed by atoms with Crippen molar-refractivity contribution in [3.63, 3.8) is 0 Å². The molecule has 0 radical (unpaired) electrons. The molecule has 1 N–H and O–H groups in total. The maximum Gasteiger partial charge on any atom is 0.168 e. The molecule has 2 rings (SSSR count).